The third-order valence-electron chi connectivity index (χ3n) is 3.94. The van der Waals surface area contributed by atoms with Crippen LogP contribution in [0.5, 0.6) is 0 Å². The van der Waals surface area contributed by atoms with Gasteiger partial charge < -0.3 is 30.5 Å². The van der Waals surface area contributed by atoms with E-state index in [1.807, 2.05) is 0 Å². The summed E-state index contributed by atoms with van der Waals surface area (Å²) in [7, 11) is 0. The summed E-state index contributed by atoms with van der Waals surface area (Å²) in [5.41, 5.74) is 0. The van der Waals surface area contributed by atoms with Crippen LogP contribution in [0.4, 0.5) is 0 Å². The standard InChI is InChI=1S/C12H21NO6/c14-5-7-9(15)10(16)8(12(18)19-7)13-11(17)6-3-1-2-4-6/h6-10,12,14-16,18H,1-5H2,(H,13,17)/t7?,8?,9-,10-,12-/m1/s1. The van der Waals surface area contributed by atoms with E-state index in [0.29, 0.717) is 0 Å². The van der Waals surface area contributed by atoms with E-state index in [4.69, 9.17) is 9.84 Å². The van der Waals surface area contributed by atoms with Crippen molar-refractivity contribution in [3.8, 4) is 0 Å². The second-order valence-electron chi connectivity index (χ2n) is 5.24. The second kappa shape index (κ2) is 6.15. The number of hydrogen-bond acceptors (Lipinski definition) is 6. The molecule has 1 aliphatic heterocycles. The van der Waals surface area contributed by atoms with Crippen LogP contribution in [0.1, 0.15) is 25.7 Å². The second-order valence-corrected chi connectivity index (χ2v) is 5.24. The maximum absolute atomic E-state index is 11.9. The third-order valence-corrected chi connectivity index (χ3v) is 3.94. The lowest BCUT2D eigenvalue weighted by atomic mass is 9.96. The van der Waals surface area contributed by atoms with Crippen molar-refractivity contribution >= 4 is 5.91 Å². The molecule has 2 rings (SSSR count). The van der Waals surface area contributed by atoms with Crippen LogP contribution in [0.3, 0.4) is 0 Å². The van der Waals surface area contributed by atoms with E-state index >= 15 is 0 Å². The summed E-state index contributed by atoms with van der Waals surface area (Å²) in [4.78, 5) is 11.9. The Balaban J connectivity index is 1.96. The van der Waals surface area contributed by atoms with E-state index in [9.17, 15) is 20.1 Å². The first-order valence-electron chi connectivity index (χ1n) is 6.65. The molecular weight excluding hydrogens is 254 g/mol. The fourth-order valence-corrected chi connectivity index (χ4v) is 2.72. The van der Waals surface area contributed by atoms with Crippen LogP contribution < -0.4 is 5.32 Å². The lowest BCUT2D eigenvalue weighted by Gasteiger charge is -2.40. The van der Waals surface area contributed by atoms with E-state index in [-0.39, 0.29) is 11.8 Å². The zero-order valence-electron chi connectivity index (χ0n) is 10.6. The smallest absolute Gasteiger partial charge is 0.223 e. The molecule has 0 aromatic rings. The van der Waals surface area contributed by atoms with Gasteiger partial charge >= 0.3 is 0 Å². The first kappa shape index (κ1) is 14.7. The zero-order chi connectivity index (χ0) is 14.0. The summed E-state index contributed by atoms with van der Waals surface area (Å²) < 4.78 is 4.98. The summed E-state index contributed by atoms with van der Waals surface area (Å²) in [5, 5.41) is 40.8. The molecule has 0 aromatic carbocycles. The van der Waals surface area contributed by atoms with Crippen molar-refractivity contribution < 1.29 is 30.0 Å². The monoisotopic (exact) mass is 275 g/mol. The lowest BCUT2D eigenvalue weighted by molar-refractivity contribution is -0.254. The summed E-state index contributed by atoms with van der Waals surface area (Å²) in [6.07, 6.45) is -1.61. The minimum atomic E-state index is -1.44. The quantitative estimate of drug-likeness (QED) is 0.410. The summed E-state index contributed by atoms with van der Waals surface area (Å²) in [5.74, 6) is -0.342. The van der Waals surface area contributed by atoms with E-state index in [1.165, 1.54) is 0 Å². The summed E-state index contributed by atoms with van der Waals surface area (Å²) in [6, 6.07) is -1.08. The first-order valence-corrected chi connectivity index (χ1v) is 6.65. The molecule has 0 aromatic heterocycles. The molecule has 110 valence electrons. The van der Waals surface area contributed by atoms with Gasteiger partial charge in [-0.15, -0.1) is 0 Å². The van der Waals surface area contributed by atoms with Gasteiger partial charge in [0.15, 0.2) is 6.29 Å². The van der Waals surface area contributed by atoms with Crippen molar-refractivity contribution in [3.05, 3.63) is 0 Å². The molecule has 0 radical (unpaired) electrons. The molecule has 7 heteroatoms. The Morgan fingerprint density at radius 2 is 1.79 bits per heavy atom. The van der Waals surface area contributed by atoms with Crippen LogP contribution in [-0.2, 0) is 9.53 Å². The number of nitrogens with one attached hydrogen (secondary N) is 1. The molecule has 2 unspecified atom stereocenters. The van der Waals surface area contributed by atoms with Crippen molar-refractivity contribution in [1.29, 1.82) is 0 Å². The predicted molar refractivity (Wildman–Crippen MR) is 63.9 cm³/mol. The molecule has 1 heterocycles. The maximum atomic E-state index is 11.9. The normalized spacial score (nSPS) is 40.3. The van der Waals surface area contributed by atoms with Gasteiger partial charge in [-0.2, -0.15) is 0 Å². The van der Waals surface area contributed by atoms with Crippen LogP contribution in [0.15, 0.2) is 0 Å². The highest BCUT2D eigenvalue weighted by molar-refractivity contribution is 5.79. The van der Waals surface area contributed by atoms with Crippen molar-refractivity contribution in [2.45, 2.75) is 56.3 Å². The average molecular weight is 275 g/mol. The van der Waals surface area contributed by atoms with E-state index < -0.39 is 37.3 Å². The Bertz CT molecular complexity index is 319. The van der Waals surface area contributed by atoms with Gasteiger partial charge in [0.1, 0.15) is 24.4 Å². The van der Waals surface area contributed by atoms with E-state index in [2.05, 4.69) is 5.32 Å². The number of rotatable bonds is 3. The Labute approximate surface area is 111 Å². The highest BCUT2D eigenvalue weighted by atomic mass is 16.6. The molecule has 1 amide bonds. The van der Waals surface area contributed by atoms with Crippen molar-refractivity contribution in [1.82, 2.24) is 5.32 Å². The van der Waals surface area contributed by atoms with Gasteiger partial charge in [-0.3, -0.25) is 4.79 Å². The summed E-state index contributed by atoms with van der Waals surface area (Å²) >= 11 is 0. The highest BCUT2D eigenvalue weighted by Gasteiger charge is 2.44. The fraction of sp³-hybridized carbons (Fsp3) is 0.917. The highest BCUT2D eigenvalue weighted by Crippen LogP contribution is 2.26. The van der Waals surface area contributed by atoms with Crippen LogP contribution in [0.25, 0.3) is 0 Å². The number of ether oxygens (including phenoxy) is 1. The van der Waals surface area contributed by atoms with Crippen molar-refractivity contribution in [3.63, 3.8) is 0 Å². The molecule has 2 fully saturated rings. The van der Waals surface area contributed by atoms with Crippen LogP contribution in [-0.4, -0.2) is 63.6 Å². The first-order chi connectivity index (χ1) is 9.04. The topological polar surface area (TPSA) is 119 Å². The predicted octanol–water partition coefficient (Wildman–Crippen LogP) is -1.91. The largest absolute Gasteiger partial charge is 0.394 e. The molecule has 5 atom stereocenters. The number of carbonyl (C=O) groups is 1. The van der Waals surface area contributed by atoms with Crippen molar-refractivity contribution in [2.24, 2.45) is 5.92 Å². The van der Waals surface area contributed by atoms with Crippen LogP contribution >= 0.6 is 0 Å². The molecular formula is C12H21NO6. The Morgan fingerprint density at radius 3 is 2.37 bits per heavy atom. The summed E-state index contributed by atoms with van der Waals surface area (Å²) in [6.45, 7) is -0.515. The molecule has 0 bridgehead atoms. The van der Waals surface area contributed by atoms with Crippen molar-refractivity contribution in [2.75, 3.05) is 6.61 Å². The van der Waals surface area contributed by atoms with Gasteiger partial charge in [0.2, 0.25) is 5.91 Å². The van der Waals surface area contributed by atoms with Gasteiger partial charge in [0.25, 0.3) is 0 Å². The number of carbonyl (C=O) groups excluding carboxylic acids is 1. The van der Waals surface area contributed by atoms with Gasteiger partial charge in [-0.1, -0.05) is 12.8 Å². The third kappa shape index (κ3) is 3.06. The van der Waals surface area contributed by atoms with Crippen LogP contribution in [0.2, 0.25) is 0 Å². The zero-order valence-corrected chi connectivity index (χ0v) is 10.6. The fourth-order valence-electron chi connectivity index (χ4n) is 2.72. The minimum Gasteiger partial charge on any atom is -0.394 e. The van der Waals surface area contributed by atoms with E-state index in [0.717, 1.165) is 25.7 Å². The van der Waals surface area contributed by atoms with E-state index in [1.54, 1.807) is 0 Å². The molecule has 7 nitrogen and oxygen atoms in total. The Hall–Kier alpha value is -0.730. The lowest BCUT2D eigenvalue weighted by Crippen LogP contribution is -2.64. The molecule has 19 heavy (non-hydrogen) atoms. The minimum absolute atomic E-state index is 0.105. The molecule has 1 aliphatic carbocycles. The average Bonchev–Trinajstić information content (AvgIpc) is 2.92. The molecule has 0 spiro atoms. The van der Waals surface area contributed by atoms with Gasteiger partial charge in [0.05, 0.1) is 6.61 Å². The van der Waals surface area contributed by atoms with Gasteiger partial charge in [0, 0.05) is 5.92 Å². The van der Waals surface area contributed by atoms with Gasteiger partial charge in [-0.05, 0) is 12.8 Å². The maximum Gasteiger partial charge on any atom is 0.223 e. The Morgan fingerprint density at radius 1 is 1.16 bits per heavy atom. The number of aliphatic hydroxyl groups is 4. The number of amides is 1. The number of hydrogen-bond donors (Lipinski definition) is 5. The SMILES string of the molecule is O=C(NC1[C@H](O)OC(CO)[C@@H](O)[C@@H]1O)C1CCCC1. The molecule has 5 N–H and O–H groups in total. The Kier molecular flexibility index (Phi) is 4.75. The molecule has 1 saturated carbocycles. The van der Waals surface area contributed by atoms with Crippen LogP contribution in [0, 0.1) is 5.92 Å². The molecule has 1 saturated heterocycles. The van der Waals surface area contributed by atoms with Gasteiger partial charge in [-0.25, -0.2) is 0 Å². The molecule has 2 aliphatic rings. The number of aliphatic hydroxyl groups excluding tert-OH is 4.